The molecule has 0 spiro atoms. The summed E-state index contributed by atoms with van der Waals surface area (Å²) in [6.45, 7) is 4.79. The van der Waals surface area contributed by atoms with E-state index in [9.17, 15) is 0 Å². The number of benzene rings is 1. The van der Waals surface area contributed by atoms with Gasteiger partial charge in [0.2, 0.25) is 0 Å². The zero-order chi connectivity index (χ0) is 13.1. The van der Waals surface area contributed by atoms with E-state index < -0.39 is 0 Å². The molecule has 0 bridgehead atoms. The largest absolute Gasteiger partial charge is 0.493 e. The van der Waals surface area contributed by atoms with Gasteiger partial charge in [-0.25, -0.2) is 0 Å². The summed E-state index contributed by atoms with van der Waals surface area (Å²) in [6.07, 6.45) is 5.12. The summed E-state index contributed by atoms with van der Waals surface area (Å²) in [7, 11) is 0. The van der Waals surface area contributed by atoms with Crippen LogP contribution in [0.2, 0.25) is 0 Å². The quantitative estimate of drug-likeness (QED) is 0.817. The van der Waals surface area contributed by atoms with Crippen LogP contribution in [0, 0.1) is 5.92 Å². The molecule has 1 heterocycles. The SMILES string of the molecule is CCCNC1COc2cc(OCCC3CC3)ccc21. The summed E-state index contributed by atoms with van der Waals surface area (Å²) < 4.78 is 11.5. The Hall–Kier alpha value is -1.22. The molecule has 19 heavy (non-hydrogen) atoms. The summed E-state index contributed by atoms with van der Waals surface area (Å²) in [4.78, 5) is 0. The van der Waals surface area contributed by atoms with Gasteiger partial charge in [0.05, 0.1) is 12.6 Å². The van der Waals surface area contributed by atoms with E-state index in [4.69, 9.17) is 9.47 Å². The first-order valence-electron chi connectivity index (χ1n) is 7.49. The van der Waals surface area contributed by atoms with E-state index in [1.807, 2.05) is 6.07 Å². The van der Waals surface area contributed by atoms with Crippen LogP contribution in [0.1, 0.15) is 44.2 Å². The highest BCUT2D eigenvalue weighted by Gasteiger charge is 2.24. The summed E-state index contributed by atoms with van der Waals surface area (Å²) in [5.74, 6) is 2.85. The van der Waals surface area contributed by atoms with Gasteiger partial charge in [0.15, 0.2) is 0 Å². The maximum absolute atomic E-state index is 5.80. The molecule has 1 aromatic rings. The minimum absolute atomic E-state index is 0.343. The van der Waals surface area contributed by atoms with E-state index in [2.05, 4.69) is 24.4 Å². The predicted octanol–water partition coefficient (Wildman–Crippen LogP) is 3.30. The minimum atomic E-state index is 0.343. The monoisotopic (exact) mass is 261 g/mol. The van der Waals surface area contributed by atoms with Crippen LogP contribution in [0.5, 0.6) is 11.5 Å². The predicted molar refractivity (Wildman–Crippen MR) is 75.8 cm³/mol. The van der Waals surface area contributed by atoms with Crippen molar-refractivity contribution >= 4 is 0 Å². The number of nitrogens with one attached hydrogen (secondary N) is 1. The topological polar surface area (TPSA) is 30.5 Å². The third-order valence-corrected chi connectivity index (χ3v) is 3.90. The van der Waals surface area contributed by atoms with E-state index in [0.717, 1.165) is 43.6 Å². The highest BCUT2D eigenvalue weighted by molar-refractivity contribution is 5.45. The van der Waals surface area contributed by atoms with Crippen molar-refractivity contribution in [3.8, 4) is 11.5 Å². The first kappa shape index (κ1) is 12.8. The molecule has 0 saturated heterocycles. The van der Waals surface area contributed by atoms with Crippen molar-refractivity contribution in [2.45, 2.75) is 38.6 Å². The Morgan fingerprint density at radius 3 is 3.05 bits per heavy atom. The van der Waals surface area contributed by atoms with Crippen LogP contribution in [0.15, 0.2) is 18.2 Å². The lowest BCUT2D eigenvalue weighted by atomic mass is 10.1. The molecule has 1 aromatic carbocycles. The molecule has 0 radical (unpaired) electrons. The smallest absolute Gasteiger partial charge is 0.127 e. The molecule has 1 N–H and O–H groups in total. The van der Waals surface area contributed by atoms with Crippen LogP contribution >= 0.6 is 0 Å². The van der Waals surface area contributed by atoms with Crippen molar-refractivity contribution in [1.82, 2.24) is 5.32 Å². The van der Waals surface area contributed by atoms with E-state index in [-0.39, 0.29) is 0 Å². The van der Waals surface area contributed by atoms with Gasteiger partial charge in [-0.2, -0.15) is 0 Å². The molecule has 3 heteroatoms. The molecule has 104 valence electrons. The fourth-order valence-electron chi connectivity index (χ4n) is 2.52. The first-order chi connectivity index (χ1) is 9.36. The van der Waals surface area contributed by atoms with Crippen molar-refractivity contribution in [2.24, 2.45) is 5.92 Å². The molecular formula is C16H23NO2. The summed E-state index contributed by atoms with van der Waals surface area (Å²) in [6, 6.07) is 6.59. The molecule has 0 aromatic heterocycles. The van der Waals surface area contributed by atoms with Crippen LogP contribution in [0.3, 0.4) is 0 Å². The molecule has 3 rings (SSSR count). The Bertz CT molecular complexity index is 429. The third kappa shape index (κ3) is 3.21. The number of hydrogen-bond donors (Lipinski definition) is 1. The van der Waals surface area contributed by atoms with Crippen LogP contribution in [-0.2, 0) is 0 Å². The van der Waals surface area contributed by atoms with E-state index in [1.165, 1.54) is 24.8 Å². The van der Waals surface area contributed by atoms with Crippen LogP contribution in [-0.4, -0.2) is 19.8 Å². The van der Waals surface area contributed by atoms with Gasteiger partial charge in [0.25, 0.3) is 0 Å². The highest BCUT2D eigenvalue weighted by atomic mass is 16.5. The Kier molecular flexibility index (Phi) is 3.92. The second kappa shape index (κ2) is 5.83. The van der Waals surface area contributed by atoms with Crippen molar-refractivity contribution in [3.63, 3.8) is 0 Å². The van der Waals surface area contributed by atoms with Gasteiger partial charge < -0.3 is 14.8 Å². The number of hydrogen-bond acceptors (Lipinski definition) is 3. The summed E-state index contributed by atoms with van der Waals surface area (Å²) >= 11 is 0. The van der Waals surface area contributed by atoms with Crippen molar-refractivity contribution in [2.75, 3.05) is 19.8 Å². The molecule has 0 amide bonds. The molecule has 1 saturated carbocycles. The van der Waals surface area contributed by atoms with Gasteiger partial charge in [0.1, 0.15) is 18.1 Å². The summed E-state index contributed by atoms with van der Waals surface area (Å²) in [5.41, 5.74) is 1.27. The van der Waals surface area contributed by atoms with Gasteiger partial charge in [0, 0.05) is 11.6 Å². The van der Waals surface area contributed by atoms with Crippen molar-refractivity contribution in [3.05, 3.63) is 23.8 Å². The second-order valence-electron chi connectivity index (χ2n) is 5.60. The van der Waals surface area contributed by atoms with Gasteiger partial charge >= 0.3 is 0 Å². The lowest BCUT2D eigenvalue weighted by molar-refractivity contribution is 0.295. The van der Waals surface area contributed by atoms with Gasteiger partial charge in [-0.15, -0.1) is 0 Å². The van der Waals surface area contributed by atoms with Crippen molar-refractivity contribution < 1.29 is 9.47 Å². The Morgan fingerprint density at radius 1 is 1.37 bits per heavy atom. The van der Waals surface area contributed by atoms with Crippen LogP contribution < -0.4 is 14.8 Å². The van der Waals surface area contributed by atoms with Crippen LogP contribution in [0.25, 0.3) is 0 Å². The lowest BCUT2D eigenvalue weighted by Gasteiger charge is -2.11. The molecule has 1 aliphatic heterocycles. The molecule has 1 atom stereocenters. The fraction of sp³-hybridized carbons (Fsp3) is 0.625. The van der Waals surface area contributed by atoms with E-state index in [1.54, 1.807) is 0 Å². The molecular weight excluding hydrogens is 238 g/mol. The maximum Gasteiger partial charge on any atom is 0.127 e. The Balaban J connectivity index is 1.57. The lowest BCUT2D eigenvalue weighted by Crippen LogP contribution is -2.22. The number of rotatable bonds is 7. The zero-order valence-electron chi connectivity index (χ0n) is 11.7. The normalized spacial score (nSPS) is 21.0. The molecule has 1 unspecified atom stereocenters. The zero-order valence-corrected chi connectivity index (χ0v) is 11.7. The molecule has 1 aliphatic carbocycles. The molecule has 1 fully saturated rings. The third-order valence-electron chi connectivity index (χ3n) is 3.90. The highest BCUT2D eigenvalue weighted by Crippen LogP contribution is 2.36. The first-order valence-corrected chi connectivity index (χ1v) is 7.49. The molecule has 3 nitrogen and oxygen atoms in total. The van der Waals surface area contributed by atoms with Crippen LogP contribution in [0.4, 0.5) is 0 Å². The standard InChI is InChI=1S/C16H23NO2/c1-2-8-17-15-11-19-16-10-13(5-6-14(15)16)18-9-7-12-3-4-12/h5-6,10,12,15,17H,2-4,7-9,11H2,1H3. The average Bonchev–Trinajstić information content (AvgIpc) is 3.16. The Labute approximate surface area is 115 Å². The van der Waals surface area contributed by atoms with Gasteiger partial charge in [-0.05, 0) is 37.4 Å². The Morgan fingerprint density at radius 2 is 2.26 bits per heavy atom. The molecule has 2 aliphatic rings. The van der Waals surface area contributed by atoms with Gasteiger partial charge in [-0.3, -0.25) is 0 Å². The van der Waals surface area contributed by atoms with E-state index in [0.29, 0.717) is 6.04 Å². The van der Waals surface area contributed by atoms with E-state index >= 15 is 0 Å². The van der Waals surface area contributed by atoms with Crippen molar-refractivity contribution in [1.29, 1.82) is 0 Å². The maximum atomic E-state index is 5.80. The summed E-state index contributed by atoms with van der Waals surface area (Å²) in [5, 5.41) is 3.51. The fourth-order valence-corrected chi connectivity index (χ4v) is 2.52. The van der Waals surface area contributed by atoms with Gasteiger partial charge in [-0.1, -0.05) is 19.8 Å². The average molecular weight is 261 g/mol. The second-order valence-corrected chi connectivity index (χ2v) is 5.60. The minimum Gasteiger partial charge on any atom is -0.493 e. The number of fused-ring (bicyclic) bond motifs is 1. The number of ether oxygens (including phenoxy) is 2.